The normalized spacial score (nSPS) is 11.2. The lowest BCUT2D eigenvalue weighted by atomic mass is 9.98. The van der Waals surface area contributed by atoms with Crippen LogP contribution in [-0.4, -0.2) is 24.1 Å². The summed E-state index contributed by atoms with van der Waals surface area (Å²) in [5, 5.41) is 9.35. The number of H-pyrrole nitrogens is 1. The van der Waals surface area contributed by atoms with E-state index in [1.165, 1.54) is 4.90 Å². The smallest absolute Gasteiger partial charge is 0.363 e. The molecule has 0 fully saturated rings. The number of rotatable bonds is 3. The summed E-state index contributed by atoms with van der Waals surface area (Å²) in [6, 6.07) is 12.1. The molecular weight excluding hydrogens is 381 g/mol. The second kappa shape index (κ2) is 7.43. The van der Waals surface area contributed by atoms with E-state index in [4.69, 9.17) is 0 Å². The van der Waals surface area contributed by atoms with Gasteiger partial charge in [-0.3, -0.25) is 4.79 Å². The number of nitrogens with one attached hydrogen (secondary N) is 1. The van der Waals surface area contributed by atoms with E-state index in [0.717, 1.165) is 12.1 Å². The Kier molecular flexibility index (Phi) is 5.16. The van der Waals surface area contributed by atoms with Gasteiger partial charge in [-0.1, -0.05) is 18.2 Å². The average Bonchev–Trinajstić information content (AvgIpc) is 2.66. The lowest BCUT2D eigenvalue weighted by Crippen LogP contribution is -2.14. The number of benzene rings is 1. The maximum absolute atomic E-state index is 13.3. The number of hydrogen-bond donors (Lipinski definition) is 1. The van der Waals surface area contributed by atoms with Crippen molar-refractivity contribution in [3.8, 4) is 28.5 Å². The molecular formula is C21H17F3N4O. The number of hydrogen-bond acceptors (Lipinski definition) is 4. The third-order valence-corrected chi connectivity index (χ3v) is 4.35. The first-order chi connectivity index (χ1) is 13.6. The standard InChI is InChI=1S/C21H17F3N4O/c1-12-7-16(17(11-25)20(29)26-12)13-5-4-6-14(8-13)18-9-15(21(22,23)24)10-19(27-18)28(2)3/h4-10H,1-3H3,(H,26,29). The fraction of sp³-hybridized carbons (Fsp3) is 0.190. The van der Waals surface area contributed by atoms with E-state index in [2.05, 4.69) is 9.97 Å². The Labute approximate surface area is 165 Å². The molecule has 0 bridgehead atoms. The van der Waals surface area contributed by atoms with Crippen LogP contribution in [0.15, 0.2) is 47.3 Å². The highest BCUT2D eigenvalue weighted by Gasteiger charge is 2.32. The van der Waals surface area contributed by atoms with E-state index in [0.29, 0.717) is 22.4 Å². The molecule has 29 heavy (non-hydrogen) atoms. The second-order valence-corrected chi connectivity index (χ2v) is 6.75. The van der Waals surface area contributed by atoms with Gasteiger partial charge in [0.15, 0.2) is 0 Å². The van der Waals surface area contributed by atoms with Crippen LogP contribution in [0.5, 0.6) is 0 Å². The predicted molar refractivity (Wildman–Crippen MR) is 105 cm³/mol. The third-order valence-electron chi connectivity index (χ3n) is 4.35. The minimum Gasteiger partial charge on any atom is -0.363 e. The van der Waals surface area contributed by atoms with Crippen molar-refractivity contribution in [3.63, 3.8) is 0 Å². The number of anilines is 1. The Hall–Kier alpha value is -3.60. The van der Waals surface area contributed by atoms with Gasteiger partial charge in [0, 0.05) is 30.9 Å². The molecule has 0 unspecified atom stereocenters. The minimum atomic E-state index is -4.52. The molecule has 0 aliphatic rings. The number of pyridine rings is 2. The molecule has 0 atom stereocenters. The molecule has 2 heterocycles. The van der Waals surface area contributed by atoms with Crippen molar-refractivity contribution in [3.05, 3.63) is 69.6 Å². The van der Waals surface area contributed by atoms with Gasteiger partial charge in [0.1, 0.15) is 17.5 Å². The zero-order valence-electron chi connectivity index (χ0n) is 15.9. The van der Waals surface area contributed by atoms with Gasteiger partial charge in [-0.25, -0.2) is 4.98 Å². The molecule has 0 spiro atoms. The topological polar surface area (TPSA) is 72.8 Å². The predicted octanol–water partition coefficient (Wildman–Crippen LogP) is 4.37. The highest BCUT2D eigenvalue weighted by atomic mass is 19.4. The molecule has 3 aromatic rings. The molecule has 0 aliphatic carbocycles. The van der Waals surface area contributed by atoms with Crippen molar-refractivity contribution >= 4 is 5.82 Å². The summed E-state index contributed by atoms with van der Waals surface area (Å²) >= 11 is 0. The highest BCUT2D eigenvalue weighted by molar-refractivity contribution is 5.76. The zero-order valence-corrected chi connectivity index (χ0v) is 15.9. The van der Waals surface area contributed by atoms with Crippen molar-refractivity contribution in [1.29, 1.82) is 5.26 Å². The van der Waals surface area contributed by atoms with E-state index in [9.17, 15) is 23.2 Å². The van der Waals surface area contributed by atoms with E-state index in [-0.39, 0.29) is 17.1 Å². The zero-order chi connectivity index (χ0) is 21.3. The molecule has 0 radical (unpaired) electrons. The van der Waals surface area contributed by atoms with Crippen molar-refractivity contribution in [1.82, 2.24) is 9.97 Å². The summed E-state index contributed by atoms with van der Waals surface area (Å²) in [6.07, 6.45) is -4.52. The maximum atomic E-state index is 13.3. The second-order valence-electron chi connectivity index (χ2n) is 6.75. The van der Waals surface area contributed by atoms with Crippen LogP contribution in [0.2, 0.25) is 0 Å². The monoisotopic (exact) mass is 398 g/mol. The molecule has 1 N–H and O–H groups in total. The number of aromatic nitrogens is 2. The maximum Gasteiger partial charge on any atom is 0.416 e. The van der Waals surface area contributed by atoms with Gasteiger partial charge in [-0.15, -0.1) is 0 Å². The Morgan fingerprint density at radius 3 is 2.41 bits per heavy atom. The lowest BCUT2D eigenvalue weighted by molar-refractivity contribution is -0.137. The third kappa shape index (κ3) is 4.14. The molecule has 0 saturated carbocycles. The van der Waals surface area contributed by atoms with Crippen LogP contribution >= 0.6 is 0 Å². The first kappa shape index (κ1) is 20.1. The van der Waals surface area contributed by atoms with E-state index < -0.39 is 17.3 Å². The molecule has 3 rings (SSSR count). The summed E-state index contributed by atoms with van der Waals surface area (Å²) in [7, 11) is 3.22. The van der Waals surface area contributed by atoms with Gasteiger partial charge in [-0.2, -0.15) is 18.4 Å². The fourth-order valence-electron chi connectivity index (χ4n) is 2.93. The van der Waals surface area contributed by atoms with Crippen molar-refractivity contribution in [2.24, 2.45) is 0 Å². The van der Waals surface area contributed by atoms with Crippen LogP contribution in [0, 0.1) is 18.3 Å². The van der Waals surface area contributed by atoms with Crippen LogP contribution in [0.1, 0.15) is 16.8 Å². The lowest BCUT2D eigenvalue weighted by Gasteiger charge is -2.16. The molecule has 2 aromatic heterocycles. The fourth-order valence-corrected chi connectivity index (χ4v) is 2.93. The van der Waals surface area contributed by atoms with Gasteiger partial charge in [0.2, 0.25) is 0 Å². The summed E-state index contributed by atoms with van der Waals surface area (Å²) in [5.74, 6) is 0.171. The highest BCUT2D eigenvalue weighted by Crippen LogP contribution is 2.35. The summed E-state index contributed by atoms with van der Waals surface area (Å²) < 4.78 is 40.0. The van der Waals surface area contributed by atoms with E-state index in [1.54, 1.807) is 51.4 Å². The van der Waals surface area contributed by atoms with Crippen LogP contribution < -0.4 is 10.5 Å². The molecule has 0 amide bonds. The molecule has 8 heteroatoms. The van der Waals surface area contributed by atoms with Crippen LogP contribution in [0.4, 0.5) is 19.0 Å². The van der Waals surface area contributed by atoms with Crippen molar-refractivity contribution < 1.29 is 13.2 Å². The number of aryl methyl sites for hydroxylation is 1. The number of nitrogens with zero attached hydrogens (tertiary/aromatic N) is 3. The van der Waals surface area contributed by atoms with Crippen LogP contribution in [0.25, 0.3) is 22.4 Å². The van der Waals surface area contributed by atoms with Crippen LogP contribution in [-0.2, 0) is 6.18 Å². The molecule has 1 aromatic carbocycles. The summed E-state index contributed by atoms with van der Waals surface area (Å²) in [6.45, 7) is 1.69. The van der Waals surface area contributed by atoms with Crippen molar-refractivity contribution in [2.75, 3.05) is 19.0 Å². The quantitative estimate of drug-likeness (QED) is 0.711. The first-order valence-electron chi connectivity index (χ1n) is 8.61. The number of aromatic amines is 1. The largest absolute Gasteiger partial charge is 0.416 e. The SMILES string of the molecule is Cc1cc(-c2cccc(-c3cc(C(F)(F)F)cc(N(C)C)n3)c2)c(C#N)c(=O)[nH]1. The average molecular weight is 398 g/mol. The number of alkyl halides is 3. The summed E-state index contributed by atoms with van der Waals surface area (Å²) in [4.78, 5) is 20.5. The van der Waals surface area contributed by atoms with Gasteiger partial charge in [-0.05, 0) is 36.8 Å². The Balaban J connectivity index is 2.21. The van der Waals surface area contributed by atoms with E-state index >= 15 is 0 Å². The van der Waals surface area contributed by atoms with Gasteiger partial charge >= 0.3 is 6.18 Å². The van der Waals surface area contributed by atoms with Gasteiger partial charge in [0.25, 0.3) is 5.56 Å². The van der Waals surface area contributed by atoms with Crippen molar-refractivity contribution in [2.45, 2.75) is 13.1 Å². The Morgan fingerprint density at radius 2 is 1.79 bits per heavy atom. The first-order valence-corrected chi connectivity index (χ1v) is 8.61. The summed E-state index contributed by atoms with van der Waals surface area (Å²) in [5.41, 5.74) is 0.736. The Bertz CT molecular complexity index is 1170. The van der Waals surface area contributed by atoms with Crippen LogP contribution in [0.3, 0.4) is 0 Å². The Morgan fingerprint density at radius 1 is 1.10 bits per heavy atom. The number of halogens is 3. The minimum absolute atomic E-state index is 0.0567. The molecule has 0 aliphatic heterocycles. The van der Waals surface area contributed by atoms with Gasteiger partial charge < -0.3 is 9.88 Å². The van der Waals surface area contributed by atoms with Gasteiger partial charge in [0.05, 0.1) is 11.3 Å². The molecule has 0 saturated heterocycles. The molecule has 148 valence electrons. The molecule has 5 nitrogen and oxygen atoms in total. The van der Waals surface area contributed by atoms with E-state index in [1.807, 2.05) is 6.07 Å². The number of nitriles is 1.